The van der Waals surface area contributed by atoms with E-state index in [0.717, 1.165) is 6.42 Å². The van der Waals surface area contributed by atoms with E-state index in [0.29, 0.717) is 0 Å². The Bertz CT molecular complexity index is 50.0. The van der Waals surface area contributed by atoms with Gasteiger partial charge in [-0.15, -0.1) is 0 Å². The monoisotopic (exact) mass is 296 g/mol. The van der Waals surface area contributed by atoms with Gasteiger partial charge in [0.05, 0.1) is 0 Å². The summed E-state index contributed by atoms with van der Waals surface area (Å²) in [6.07, 6.45) is 3.83. The van der Waals surface area contributed by atoms with E-state index < -0.39 is 23.2 Å². The summed E-state index contributed by atoms with van der Waals surface area (Å²) < 4.78 is 1.66. The van der Waals surface area contributed by atoms with Gasteiger partial charge in [-0.1, -0.05) is 0 Å². The first-order chi connectivity index (χ1) is 3.39. The summed E-state index contributed by atoms with van der Waals surface area (Å²) in [5.41, 5.74) is 0. The molecular formula is C5H11BiO. The Morgan fingerprint density at radius 3 is 2.57 bits per heavy atom. The normalized spacial score (nSPS) is 33.0. The molecule has 1 unspecified atom stereocenters. The second-order valence-electron chi connectivity index (χ2n) is 1.97. The number of hydrogen-bond acceptors (Lipinski definition) is 1. The molecule has 1 aliphatic rings. The zero-order valence-corrected chi connectivity index (χ0v) is 8.24. The van der Waals surface area contributed by atoms with E-state index in [1.807, 2.05) is 0 Å². The van der Waals surface area contributed by atoms with E-state index in [1.54, 1.807) is 0 Å². The van der Waals surface area contributed by atoms with Crippen molar-refractivity contribution >= 4 is 23.2 Å². The van der Waals surface area contributed by atoms with E-state index in [4.69, 9.17) is 5.11 Å². The predicted octanol–water partition coefficient (Wildman–Crippen LogP) is 0.343. The first-order valence-electron chi connectivity index (χ1n) is 2.81. The van der Waals surface area contributed by atoms with Crippen molar-refractivity contribution in [2.75, 3.05) is 0 Å². The van der Waals surface area contributed by atoms with Gasteiger partial charge in [-0.05, 0) is 0 Å². The van der Waals surface area contributed by atoms with Gasteiger partial charge in [0.25, 0.3) is 0 Å². The molecule has 0 radical (unpaired) electrons. The van der Waals surface area contributed by atoms with Crippen LogP contribution in [0.4, 0.5) is 0 Å². The molecule has 0 aromatic carbocycles. The third-order valence-electron chi connectivity index (χ3n) is 1.28. The average molecular weight is 296 g/mol. The molecule has 1 N–H and O–H groups in total. The maximum atomic E-state index is 9.00. The Labute approximate surface area is 55.7 Å². The Balaban J connectivity index is 2.12. The summed E-state index contributed by atoms with van der Waals surface area (Å²) in [7, 11) is 0. The summed E-state index contributed by atoms with van der Waals surface area (Å²) in [5.74, 6) is 0. The molecule has 1 aliphatic heterocycles. The summed E-state index contributed by atoms with van der Waals surface area (Å²) in [6.45, 7) is 0. The summed E-state index contributed by atoms with van der Waals surface area (Å²) >= 11 is -0.433. The minimum atomic E-state index is -0.433. The van der Waals surface area contributed by atoms with E-state index in [9.17, 15) is 0 Å². The van der Waals surface area contributed by atoms with Gasteiger partial charge in [0.2, 0.25) is 0 Å². The first-order valence-corrected chi connectivity index (χ1v) is 7.80. The second kappa shape index (κ2) is 2.99. The molecule has 0 amide bonds. The molecule has 0 aliphatic carbocycles. The Kier molecular flexibility index (Phi) is 2.55. The zero-order valence-electron chi connectivity index (χ0n) is 4.35. The number of rotatable bonds is 0. The van der Waals surface area contributed by atoms with Crippen molar-refractivity contribution in [2.24, 2.45) is 0 Å². The predicted molar refractivity (Wildman–Crippen MR) is 31.8 cm³/mol. The second-order valence-corrected chi connectivity index (χ2v) is 8.09. The van der Waals surface area contributed by atoms with Crippen LogP contribution in [-0.4, -0.2) is 32.2 Å². The minimum absolute atomic E-state index is 0.230. The van der Waals surface area contributed by atoms with Gasteiger partial charge < -0.3 is 0 Å². The van der Waals surface area contributed by atoms with Crippen molar-refractivity contribution in [3.63, 3.8) is 0 Å². The molecule has 0 saturated carbocycles. The molecule has 0 bridgehead atoms. The standard InChI is InChI=1S/C5H10O.Bi.H/c1-2-3-4-5-6;;/h5-6H,1-4H2;;. The van der Waals surface area contributed by atoms with Gasteiger partial charge in [-0.2, -0.15) is 0 Å². The van der Waals surface area contributed by atoms with E-state index in [1.165, 1.54) is 17.0 Å². The Morgan fingerprint density at radius 2 is 2.29 bits per heavy atom. The van der Waals surface area contributed by atoms with Crippen molar-refractivity contribution in [1.29, 1.82) is 0 Å². The number of hydrogen-bond donors (Lipinski definition) is 1. The van der Waals surface area contributed by atoms with Crippen molar-refractivity contribution in [1.82, 2.24) is 0 Å². The summed E-state index contributed by atoms with van der Waals surface area (Å²) in [4.78, 5) is 0. The molecule has 2 heteroatoms. The molecule has 42 valence electrons. The molecule has 1 nitrogen and oxygen atoms in total. The molecule has 1 rings (SSSR count). The average Bonchev–Trinajstić information content (AvgIpc) is 1.69. The van der Waals surface area contributed by atoms with E-state index in [-0.39, 0.29) is 3.81 Å². The topological polar surface area (TPSA) is 20.2 Å². The first kappa shape index (κ1) is 5.97. The van der Waals surface area contributed by atoms with Crippen molar-refractivity contribution in [3.8, 4) is 0 Å². The molecule has 7 heavy (non-hydrogen) atoms. The molecule has 1 atom stereocenters. The van der Waals surface area contributed by atoms with Crippen LogP contribution in [0.25, 0.3) is 0 Å². The van der Waals surface area contributed by atoms with E-state index >= 15 is 0 Å². The fraction of sp³-hybridized carbons (Fsp3) is 1.00. The van der Waals surface area contributed by atoms with Crippen molar-refractivity contribution < 1.29 is 5.11 Å². The zero-order chi connectivity index (χ0) is 5.11. The van der Waals surface area contributed by atoms with Crippen LogP contribution in [0.2, 0.25) is 4.13 Å². The summed E-state index contributed by atoms with van der Waals surface area (Å²) in [6, 6.07) is 0. The third-order valence-corrected chi connectivity index (χ3v) is 6.74. The summed E-state index contributed by atoms with van der Waals surface area (Å²) in [5, 5.41) is 9.00. The van der Waals surface area contributed by atoms with Crippen LogP contribution in [-0.2, 0) is 0 Å². The van der Waals surface area contributed by atoms with Gasteiger partial charge in [0, 0.05) is 0 Å². The van der Waals surface area contributed by atoms with Crippen LogP contribution >= 0.6 is 0 Å². The van der Waals surface area contributed by atoms with Crippen LogP contribution in [0.1, 0.15) is 19.3 Å². The Hall–Kier alpha value is 0.843. The van der Waals surface area contributed by atoms with Crippen molar-refractivity contribution in [3.05, 3.63) is 0 Å². The fourth-order valence-electron chi connectivity index (χ4n) is 0.833. The van der Waals surface area contributed by atoms with Crippen LogP contribution in [0.15, 0.2) is 0 Å². The molecule has 0 spiro atoms. The molecular weight excluding hydrogens is 285 g/mol. The maximum absolute atomic E-state index is 9.00. The van der Waals surface area contributed by atoms with Gasteiger partial charge in [0.1, 0.15) is 0 Å². The third kappa shape index (κ3) is 2.05. The van der Waals surface area contributed by atoms with Crippen molar-refractivity contribution in [2.45, 2.75) is 27.2 Å². The molecule has 1 heterocycles. The van der Waals surface area contributed by atoms with Crippen LogP contribution in [0.3, 0.4) is 0 Å². The van der Waals surface area contributed by atoms with Gasteiger partial charge in [0.15, 0.2) is 0 Å². The molecule has 1 saturated heterocycles. The quantitative estimate of drug-likeness (QED) is 0.639. The Morgan fingerprint density at radius 1 is 1.43 bits per heavy atom. The van der Waals surface area contributed by atoms with Gasteiger partial charge >= 0.3 is 55.5 Å². The number of aliphatic hydroxyl groups is 1. The van der Waals surface area contributed by atoms with Gasteiger partial charge in [-0.25, -0.2) is 0 Å². The van der Waals surface area contributed by atoms with Gasteiger partial charge in [-0.3, -0.25) is 0 Å². The van der Waals surface area contributed by atoms with Crippen LogP contribution < -0.4 is 0 Å². The van der Waals surface area contributed by atoms with Crippen LogP contribution in [0.5, 0.6) is 0 Å². The fourth-order valence-corrected chi connectivity index (χ4v) is 5.48. The molecule has 0 aromatic heterocycles. The SMILES string of the molecule is O[CH]1CCC[CH2][BiH]1. The van der Waals surface area contributed by atoms with E-state index in [2.05, 4.69) is 0 Å². The number of aliphatic hydroxyl groups excluding tert-OH is 1. The molecule has 1 fully saturated rings. The van der Waals surface area contributed by atoms with Crippen LogP contribution in [0, 0.1) is 0 Å². The molecule has 0 aromatic rings.